The van der Waals surface area contributed by atoms with Crippen LogP contribution in [0.3, 0.4) is 0 Å². The number of nitrogens with zero attached hydrogens (tertiary/aromatic N) is 2. The molecule has 0 radical (unpaired) electrons. The van der Waals surface area contributed by atoms with Crippen molar-refractivity contribution in [3.63, 3.8) is 0 Å². The Morgan fingerprint density at radius 1 is 1.09 bits per heavy atom. The van der Waals surface area contributed by atoms with Gasteiger partial charge >= 0.3 is 6.03 Å². The van der Waals surface area contributed by atoms with E-state index in [0.717, 1.165) is 10.5 Å². The van der Waals surface area contributed by atoms with Gasteiger partial charge in [0.25, 0.3) is 5.91 Å². The molecule has 0 spiro atoms. The molecule has 1 fully saturated rings. The molecule has 2 aromatic rings. The predicted molar refractivity (Wildman–Crippen MR) is 124 cm³/mol. The molecule has 0 saturated carbocycles. The summed E-state index contributed by atoms with van der Waals surface area (Å²) in [4.78, 5) is 39.2. The highest BCUT2D eigenvalue weighted by atomic mass is 32.2. The second-order valence-electron chi connectivity index (χ2n) is 7.93. The number of urea groups is 1. The number of benzene rings is 2. The SMILES string of the molecule is CCN(CC)S(=O)(=O)c1cccc(NC(=O)CN2C(=O)NC(C)(c3ccccc3C)C2=O)c1. The fraction of sp³-hybridized carbons (Fsp3) is 0.348. The Balaban J connectivity index is 1.76. The molecule has 4 amide bonds. The zero-order chi connectivity index (χ0) is 24.4. The van der Waals surface area contributed by atoms with Gasteiger partial charge in [0.2, 0.25) is 15.9 Å². The Hall–Kier alpha value is -3.24. The lowest BCUT2D eigenvalue weighted by Crippen LogP contribution is -2.42. The maximum atomic E-state index is 13.1. The summed E-state index contributed by atoms with van der Waals surface area (Å²) in [5.41, 5.74) is 0.467. The molecule has 33 heavy (non-hydrogen) atoms. The fourth-order valence-corrected chi connectivity index (χ4v) is 5.45. The first-order chi connectivity index (χ1) is 15.5. The van der Waals surface area contributed by atoms with Crippen molar-refractivity contribution in [1.29, 1.82) is 0 Å². The first kappa shape index (κ1) is 24.4. The van der Waals surface area contributed by atoms with E-state index in [2.05, 4.69) is 10.6 Å². The molecule has 0 bridgehead atoms. The van der Waals surface area contributed by atoms with Gasteiger partial charge in [-0.05, 0) is 43.2 Å². The number of sulfonamides is 1. The fourth-order valence-electron chi connectivity index (χ4n) is 3.95. The predicted octanol–water partition coefficient (Wildman–Crippen LogP) is 2.43. The van der Waals surface area contributed by atoms with Crippen LogP contribution >= 0.6 is 0 Å². The molecular weight excluding hydrogens is 444 g/mol. The largest absolute Gasteiger partial charge is 0.325 e. The number of carbonyl (C=O) groups is 3. The summed E-state index contributed by atoms with van der Waals surface area (Å²) in [7, 11) is -3.70. The van der Waals surface area contributed by atoms with Crippen molar-refractivity contribution in [2.75, 3.05) is 25.0 Å². The van der Waals surface area contributed by atoms with Crippen LogP contribution < -0.4 is 10.6 Å². The Morgan fingerprint density at radius 3 is 2.39 bits per heavy atom. The van der Waals surface area contributed by atoms with E-state index in [0.29, 0.717) is 18.7 Å². The minimum Gasteiger partial charge on any atom is -0.324 e. The van der Waals surface area contributed by atoms with Gasteiger partial charge in [0.05, 0.1) is 4.90 Å². The minimum absolute atomic E-state index is 0.0473. The first-order valence-corrected chi connectivity index (χ1v) is 12.1. The third-order valence-electron chi connectivity index (χ3n) is 5.72. The van der Waals surface area contributed by atoms with Crippen LogP contribution in [0.1, 0.15) is 31.9 Å². The van der Waals surface area contributed by atoms with E-state index >= 15 is 0 Å². The van der Waals surface area contributed by atoms with E-state index in [1.165, 1.54) is 22.5 Å². The number of carbonyl (C=O) groups excluding carboxylic acids is 3. The molecule has 1 aliphatic heterocycles. The number of aryl methyl sites for hydroxylation is 1. The molecule has 2 aromatic carbocycles. The van der Waals surface area contributed by atoms with Crippen molar-refractivity contribution >= 4 is 33.6 Å². The Kier molecular flexibility index (Phi) is 6.89. The maximum absolute atomic E-state index is 13.1. The van der Waals surface area contributed by atoms with Gasteiger partial charge in [-0.3, -0.25) is 14.5 Å². The van der Waals surface area contributed by atoms with Crippen LogP contribution in [-0.4, -0.2) is 55.1 Å². The van der Waals surface area contributed by atoms with Crippen molar-refractivity contribution in [3.8, 4) is 0 Å². The van der Waals surface area contributed by atoms with Gasteiger partial charge in [-0.2, -0.15) is 4.31 Å². The van der Waals surface area contributed by atoms with E-state index in [4.69, 9.17) is 0 Å². The van der Waals surface area contributed by atoms with Crippen molar-refractivity contribution in [1.82, 2.24) is 14.5 Å². The molecule has 1 saturated heterocycles. The number of imide groups is 1. The van der Waals surface area contributed by atoms with Crippen LogP contribution in [0.25, 0.3) is 0 Å². The highest BCUT2D eigenvalue weighted by Gasteiger charge is 2.50. The molecule has 2 N–H and O–H groups in total. The van der Waals surface area contributed by atoms with Crippen LogP contribution in [0, 0.1) is 6.92 Å². The topological polar surface area (TPSA) is 116 Å². The summed E-state index contributed by atoms with van der Waals surface area (Å²) >= 11 is 0. The lowest BCUT2D eigenvalue weighted by Gasteiger charge is -2.24. The Morgan fingerprint density at radius 2 is 1.76 bits per heavy atom. The van der Waals surface area contributed by atoms with Gasteiger partial charge < -0.3 is 10.6 Å². The average Bonchev–Trinajstić information content (AvgIpc) is 2.98. The number of amides is 4. The van der Waals surface area contributed by atoms with Crippen molar-refractivity contribution in [3.05, 3.63) is 59.7 Å². The zero-order valence-corrected chi connectivity index (χ0v) is 19.9. The van der Waals surface area contributed by atoms with Gasteiger partial charge in [-0.15, -0.1) is 0 Å². The third-order valence-corrected chi connectivity index (χ3v) is 7.77. The molecule has 10 heteroatoms. The Labute approximate surface area is 193 Å². The van der Waals surface area contributed by atoms with E-state index in [1.54, 1.807) is 39.0 Å². The van der Waals surface area contributed by atoms with Crippen molar-refractivity contribution in [2.24, 2.45) is 0 Å². The van der Waals surface area contributed by atoms with E-state index in [9.17, 15) is 22.8 Å². The lowest BCUT2D eigenvalue weighted by atomic mass is 9.88. The molecule has 1 aliphatic rings. The molecule has 1 unspecified atom stereocenters. The summed E-state index contributed by atoms with van der Waals surface area (Å²) in [6.45, 7) is 7.08. The van der Waals surface area contributed by atoms with E-state index < -0.39 is 40.0 Å². The van der Waals surface area contributed by atoms with Gasteiger partial charge in [0.15, 0.2) is 0 Å². The van der Waals surface area contributed by atoms with Crippen LogP contribution in [-0.2, 0) is 25.2 Å². The van der Waals surface area contributed by atoms with Gasteiger partial charge in [0, 0.05) is 18.8 Å². The number of nitrogens with one attached hydrogen (secondary N) is 2. The van der Waals surface area contributed by atoms with Gasteiger partial charge in [-0.25, -0.2) is 13.2 Å². The average molecular weight is 473 g/mol. The maximum Gasteiger partial charge on any atom is 0.325 e. The number of anilines is 1. The van der Waals surface area contributed by atoms with Crippen LogP contribution in [0.2, 0.25) is 0 Å². The Bertz CT molecular complexity index is 1190. The summed E-state index contributed by atoms with van der Waals surface area (Å²) in [6.07, 6.45) is 0. The van der Waals surface area contributed by atoms with Crippen LogP contribution in [0.15, 0.2) is 53.4 Å². The highest BCUT2D eigenvalue weighted by Crippen LogP contribution is 2.31. The number of rotatable bonds is 8. The van der Waals surface area contributed by atoms with Gasteiger partial charge in [0.1, 0.15) is 12.1 Å². The summed E-state index contributed by atoms with van der Waals surface area (Å²) in [5, 5.41) is 5.26. The zero-order valence-electron chi connectivity index (χ0n) is 19.1. The molecule has 0 aliphatic carbocycles. The smallest absolute Gasteiger partial charge is 0.324 e. The normalized spacial score (nSPS) is 18.5. The summed E-state index contributed by atoms with van der Waals surface area (Å²) in [5.74, 6) is -1.15. The minimum atomic E-state index is -3.70. The standard InChI is InChI=1S/C23H28N4O5S/c1-5-26(6-2)33(31,32)18-12-9-11-17(14-18)24-20(28)15-27-21(29)23(4,25-22(27)30)19-13-8-7-10-16(19)3/h7-14H,5-6,15H2,1-4H3,(H,24,28)(H,25,30). The molecule has 1 heterocycles. The molecule has 176 valence electrons. The first-order valence-electron chi connectivity index (χ1n) is 10.6. The van der Waals surface area contributed by atoms with Gasteiger partial charge in [-0.1, -0.05) is 44.2 Å². The number of hydrogen-bond acceptors (Lipinski definition) is 5. The molecule has 9 nitrogen and oxygen atoms in total. The highest BCUT2D eigenvalue weighted by molar-refractivity contribution is 7.89. The summed E-state index contributed by atoms with van der Waals surface area (Å²) in [6, 6.07) is 12.4. The molecule has 1 atom stereocenters. The van der Waals surface area contributed by atoms with E-state index in [1.807, 2.05) is 19.1 Å². The number of hydrogen-bond donors (Lipinski definition) is 2. The van der Waals surface area contributed by atoms with E-state index in [-0.39, 0.29) is 10.6 Å². The van der Waals surface area contributed by atoms with Crippen LogP contribution in [0.4, 0.5) is 10.5 Å². The molecule has 0 aromatic heterocycles. The second kappa shape index (κ2) is 9.32. The monoisotopic (exact) mass is 472 g/mol. The second-order valence-corrected chi connectivity index (χ2v) is 9.86. The summed E-state index contributed by atoms with van der Waals surface area (Å²) < 4.78 is 26.8. The third kappa shape index (κ3) is 4.62. The quantitative estimate of drug-likeness (QED) is 0.573. The molecular formula is C23H28N4O5S. The van der Waals surface area contributed by atoms with Crippen molar-refractivity contribution < 1.29 is 22.8 Å². The van der Waals surface area contributed by atoms with Crippen molar-refractivity contribution in [2.45, 2.75) is 38.1 Å². The molecule has 3 rings (SSSR count). The lowest BCUT2D eigenvalue weighted by molar-refractivity contribution is -0.133. The van der Waals surface area contributed by atoms with Crippen LogP contribution in [0.5, 0.6) is 0 Å².